The van der Waals surface area contributed by atoms with Crippen LogP contribution in [0.1, 0.15) is 44.0 Å². The predicted octanol–water partition coefficient (Wildman–Crippen LogP) is 6.82. The van der Waals surface area contributed by atoms with Crippen molar-refractivity contribution in [2.24, 2.45) is 10.9 Å². The Balaban J connectivity index is 1.68. The molecule has 2 unspecified atom stereocenters. The average molecular weight is 501 g/mol. The van der Waals surface area contributed by atoms with Gasteiger partial charge in [0, 0.05) is 34.6 Å². The van der Waals surface area contributed by atoms with Crippen molar-refractivity contribution in [2.75, 3.05) is 6.54 Å². The standard InChI is InChI=1S/C26H27ClF2N4S/c1-15-11-22-23(21-8-9-32(31-21)14-17(3)28)24(19-7-6-18(29)12-20(19)27)30-26(33(22)13-15)25-16(2)5-4-10-34-25/h4,6-10,12,15,17,24-25H,2,5,11,13-14H2,1,3H3/t15-,17?,24-,25?/m0/s1. The molecule has 0 amide bonds. The Kier molecular flexibility index (Phi) is 6.42. The van der Waals surface area contributed by atoms with Crippen LogP contribution in [0.3, 0.4) is 0 Å². The third-order valence-corrected chi connectivity index (χ3v) is 7.89. The van der Waals surface area contributed by atoms with E-state index in [4.69, 9.17) is 21.7 Å². The monoisotopic (exact) mass is 500 g/mol. The van der Waals surface area contributed by atoms with E-state index in [9.17, 15) is 8.78 Å². The van der Waals surface area contributed by atoms with E-state index in [0.29, 0.717) is 10.9 Å². The van der Waals surface area contributed by atoms with Crippen LogP contribution >= 0.6 is 23.4 Å². The highest BCUT2D eigenvalue weighted by Gasteiger charge is 2.41. The summed E-state index contributed by atoms with van der Waals surface area (Å²) >= 11 is 8.28. The molecule has 0 aliphatic carbocycles. The zero-order valence-electron chi connectivity index (χ0n) is 19.2. The minimum Gasteiger partial charge on any atom is -0.332 e. The number of rotatable bonds is 5. The van der Waals surface area contributed by atoms with Crippen LogP contribution in [0.25, 0.3) is 5.57 Å². The summed E-state index contributed by atoms with van der Waals surface area (Å²) in [5.74, 6) is 1.01. The lowest BCUT2D eigenvalue weighted by Crippen LogP contribution is -2.40. The van der Waals surface area contributed by atoms with Gasteiger partial charge in [0.25, 0.3) is 0 Å². The number of thioether (sulfide) groups is 1. The van der Waals surface area contributed by atoms with Crippen LogP contribution in [0.15, 0.2) is 64.8 Å². The lowest BCUT2D eigenvalue weighted by molar-refractivity contribution is 0.309. The number of aliphatic imine (C=N–C) groups is 1. The second-order valence-electron chi connectivity index (χ2n) is 9.29. The van der Waals surface area contributed by atoms with Crippen LogP contribution < -0.4 is 0 Å². The van der Waals surface area contributed by atoms with E-state index in [2.05, 4.69) is 29.9 Å². The zero-order valence-corrected chi connectivity index (χ0v) is 20.8. The zero-order chi connectivity index (χ0) is 24.0. The number of hydrogen-bond donors (Lipinski definition) is 0. The first-order chi connectivity index (χ1) is 16.3. The van der Waals surface area contributed by atoms with Crippen molar-refractivity contribution in [3.05, 3.63) is 81.9 Å². The molecule has 0 spiro atoms. The van der Waals surface area contributed by atoms with Gasteiger partial charge in [-0.1, -0.05) is 42.8 Å². The largest absolute Gasteiger partial charge is 0.332 e. The summed E-state index contributed by atoms with van der Waals surface area (Å²) in [6.45, 7) is 9.11. The Morgan fingerprint density at radius 2 is 2.15 bits per heavy atom. The highest BCUT2D eigenvalue weighted by Crippen LogP contribution is 2.48. The molecule has 0 saturated carbocycles. The maximum Gasteiger partial charge on any atom is 0.124 e. The molecular weight excluding hydrogens is 474 g/mol. The molecule has 34 heavy (non-hydrogen) atoms. The van der Waals surface area contributed by atoms with E-state index < -0.39 is 12.2 Å². The molecule has 5 rings (SSSR count). The average Bonchev–Trinajstić information content (AvgIpc) is 3.39. The molecule has 178 valence electrons. The molecule has 3 aliphatic heterocycles. The van der Waals surface area contributed by atoms with Crippen molar-refractivity contribution in [3.8, 4) is 0 Å². The van der Waals surface area contributed by atoms with Crippen LogP contribution in [0.4, 0.5) is 8.78 Å². The van der Waals surface area contributed by atoms with E-state index in [-0.39, 0.29) is 17.6 Å². The van der Waals surface area contributed by atoms with Gasteiger partial charge < -0.3 is 4.90 Å². The summed E-state index contributed by atoms with van der Waals surface area (Å²) in [6, 6.07) is 5.93. The van der Waals surface area contributed by atoms with Gasteiger partial charge >= 0.3 is 0 Å². The second kappa shape index (κ2) is 9.34. The van der Waals surface area contributed by atoms with E-state index in [0.717, 1.165) is 53.3 Å². The summed E-state index contributed by atoms with van der Waals surface area (Å²) in [4.78, 5) is 7.57. The molecule has 2 aromatic rings. The number of fused-ring (bicyclic) bond motifs is 1. The lowest BCUT2D eigenvalue weighted by atomic mass is 9.91. The van der Waals surface area contributed by atoms with Crippen LogP contribution in [-0.2, 0) is 6.54 Å². The van der Waals surface area contributed by atoms with Crippen molar-refractivity contribution >= 4 is 34.8 Å². The highest BCUT2D eigenvalue weighted by molar-refractivity contribution is 8.03. The first-order valence-corrected chi connectivity index (χ1v) is 12.8. The molecule has 4 heterocycles. The van der Waals surface area contributed by atoms with Gasteiger partial charge in [-0.05, 0) is 49.3 Å². The van der Waals surface area contributed by atoms with Crippen LogP contribution in [-0.4, -0.2) is 38.5 Å². The Hall–Kier alpha value is -2.38. The van der Waals surface area contributed by atoms with Gasteiger partial charge in [0.2, 0.25) is 0 Å². The number of alkyl halides is 1. The molecule has 1 aromatic heterocycles. The molecular formula is C26H27ClF2N4S. The number of benzene rings is 1. The fourth-order valence-corrected chi connectivity index (χ4v) is 6.16. The first-order valence-electron chi connectivity index (χ1n) is 11.5. The van der Waals surface area contributed by atoms with Crippen LogP contribution in [0.5, 0.6) is 0 Å². The maximum absolute atomic E-state index is 13.9. The van der Waals surface area contributed by atoms with Crippen molar-refractivity contribution < 1.29 is 8.78 Å². The van der Waals surface area contributed by atoms with Crippen LogP contribution in [0.2, 0.25) is 5.02 Å². The molecule has 4 atom stereocenters. The van der Waals surface area contributed by atoms with Gasteiger partial charge in [-0.15, -0.1) is 11.8 Å². The van der Waals surface area contributed by atoms with E-state index in [1.54, 1.807) is 28.7 Å². The van der Waals surface area contributed by atoms with Gasteiger partial charge in [-0.25, -0.2) is 8.78 Å². The number of amidine groups is 1. The van der Waals surface area contributed by atoms with Crippen molar-refractivity contribution in [2.45, 2.75) is 50.7 Å². The Morgan fingerprint density at radius 1 is 1.32 bits per heavy atom. The summed E-state index contributed by atoms with van der Waals surface area (Å²) < 4.78 is 29.2. The molecule has 3 aliphatic rings. The molecule has 4 nitrogen and oxygen atoms in total. The third-order valence-electron chi connectivity index (χ3n) is 6.39. The van der Waals surface area contributed by atoms with Crippen molar-refractivity contribution in [1.29, 1.82) is 0 Å². The first kappa shape index (κ1) is 23.4. The Labute approximate surface area is 208 Å². The molecule has 8 heteroatoms. The lowest BCUT2D eigenvalue weighted by Gasteiger charge is -2.37. The molecule has 1 saturated heterocycles. The third kappa shape index (κ3) is 4.36. The molecule has 0 bridgehead atoms. The summed E-state index contributed by atoms with van der Waals surface area (Å²) in [5.41, 5.74) is 4.70. The predicted molar refractivity (Wildman–Crippen MR) is 136 cm³/mol. The minimum atomic E-state index is -1.01. The number of halogens is 3. The van der Waals surface area contributed by atoms with Gasteiger partial charge in [-0.2, -0.15) is 5.10 Å². The summed E-state index contributed by atoms with van der Waals surface area (Å²) in [6.07, 6.45) is 4.60. The van der Waals surface area contributed by atoms with Gasteiger partial charge in [-0.3, -0.25) is 9.67 Å². The Bertz CT molecular complexity index is 1220. The number of nitrogens with zero attached hydrogens (tertiary/aromatic N) is 4. The number of hydrogen-bond acceptors (Lipinski definition) is 4. The van der Waals surface area contributed by atoms with Gasteiger partial charge in [0.1, 0.15) is 23.9 Å². The molecule has 0 N–H and O–H groups in total. The normalized spacial score (nSPS) is 25.6. The summed E-state index contributed by atoms with van der Waals surface area (Å²) in [7, 11) is 0. The highest BCUT2D eigenvalue weighted by atomic mass is 35.5. The minimum absolute atomic E-state index is 0.0403. The smallest absolute Gasteiger partial charge is 0.124 e. The fourth-order valence-electron chi connectivity index (χ4n) is 4.93. The molecule has 1 fully saturated rings. The van der Waals surface area contributed by atoms with Crippen molar-refractivity contribution in [1.82, 2.24) is 14.7 Å². The molecule has 1 aromatic carbocycles. The SMILES string of the molecule is C=C1CC=CSC1C1=N[C@@H](c2ccc(F)cc2Cl)C(c2ccn(CC(C)F)n2)=C2C[C@H](C)CN12. The summed E-state index contributed by atoms with van der Waals surface area (Å²) in [5, 5.41) is 7.19. The van der Waals surface area contributed by atoms with Crippen molar-refractivity contribution in [3.63, 3.8) is 0 Å². The number of allylic oxidation sites excluding steroid dienone is 2. The van der Waals surface area contributed by atoms with E-state index >= 15 is 0 Å². The second-order valence-corrected chi connectivity index (χ2v) is 10.7. The van der Waals surface area contributed by atoms with Gasteiger partial charge in [0.05, 0.1) is 17.5 Å². The Morgan fingerprint density at radius 3 is 2.88 bits per heavy atom. The van der Waals surface area contributed by atoms with Gasteiger partial charge in [0.15, 0.2) is 0 Å². The van der Waals surface area contributed by atoms with E-state index in [1.807, 2.05) is 6.07 Å². The maximum atomic E-state index is 13.9. The van der Waals surface area contributed by atoms with E-state index in [1.165, 1.54) is 19.1 Å². The number of aromatic nitrogens is 2. The topological polar surface area (TPSA) is 33.4 Å². The fraction of sp³-hybridized carbons (Fsp3) is 0.385. The molecule has 0 radical (unpaired) electrons. The van der Waals surface area contributed by atoms with Crippen LogP contribution in [0, 0.1) is 11.7 Å². The quantitative estimate of drug-likeness (QED) is 0.422.